The number of benzene rings is 1. The highest BCUT2D eigenvalue weighted by atomic mass is 16.5. The number of aliphatic hydroxyl groups is 1. The van der Waals surface area contributed by atoms with E-state index in [2.05, 4.69) is 57.5 Å². The number of rotatable bonds is 8. The average molecular weight is 589 g/mol. The van der Waals surface area contributed by atoms with E-state index >= 15 is 0 Å². The second-order valence-electron chi connectivity index (χ2n) is 12.4. The van der Waals surface area contributed by atoms with Crippen LogP contribution in [0.3, 0.4) is 0 Å². The Hall–Kier alpha value is -3.21. The fraction of sp³-hybridized carbons (Fsp3) is 0.606. The number of likely N-dealkylation sites (N-methyl/N-ethyl adjacent to an activating group) is 1. The van der Waals surface area contributed by atoms with Gasteiger partial charge in [-0.05, 0) is 69.7 Å². The lowest BCUT2D eigenvalue weighted by molar-refractivity contribution is 0.0981. The van der Waals surface area contributed by atoms with Gasteiger partial charge in [-0.1, -0.05) is 13.0 Å². The van der Waals surface area contributed by atoms with Gasteiger partial charge in [-0.2, -0.15) is 0 Å². The number of nitrogens with zero attached hydrogens (tertiary/aromatic N) is 6. The molecule has 1 saturated carbocycles. The summed E-state index contributed by atoms with van der Waals surface area (Å²) in [6.07, 6.45) is 8.33. The number of piperidine rings is 1. The van der Waals surface area contributed by atoms with Crippen molar-refractivity contribution >= 4 is 28.4 Å². The Morgan fingerprint density at radius 3 is 2.35 bits per heavy atom. The van der Waals surface area contributed by atoms with Crippen LogP contribution in [0, 0.1) is 0 Å². The van der Waals surface area contributed by atoms with Gasteiger partial charge in [0.15, 0.2) is 5.82 Å². The Morgan fingerprint density at radius 2 is 1.67 bits per heavy atom. The topological polar surface area (TPSA) is 102 Å². The molecule has 10 heteroatoms. The summed E-state index contributed by atoms with van der Waals surface area (Å²) in [5.41, 5.74) is 5.62. The smallest absolute Gasteiger partial charge is 0.153 e. The summed E-state index contributed by atoms with van der Waals surface area (Å²) >= 11 is 0. The van der Waals surface area contributed by atoms with Crippen molar-refractivity contribution in [3.8, 4) is 16.9 Å². The molecule has 1 aliphatic carbocycles. The van der Waals surface area contributed by atoms with Crippen LogP contribution in [-0.4, -0.2) is 109 Å². The molecule has 3 aromatic rings. The number of piperazine rings is 1. The summed E-state index contributed by atoms with van der Waals surface area (Å²) in [7, 11) is 5.86. The average Bonchev–Trinajstić information content (AvgIpc) is 3.05. The van der Waals surface area contributed by atoms with E-state index in [-0.39, 0.29) is 12.1 Å². The molecule has 0 spiro atoms. The Balaban J connectivity index is 1.27. The summed E-state index contributed by atoms with van der Waals surface area (Å²) in [5, 5.41) is 16.9. The van der Waals surface area contributed by atoms with Crippen molar-refractivity contribution < 1.29 is 9.84 Å². The van der Waals surface area contributed by atoms with Gasteiger partial charge < -0.3 is 30.3 Å². The van der Waals surface area contributed by atoms with Crippen molar-refractivity contribution in [1.82, 2.24) is 24.8 Å². The van der Waals surface area contributed by atoms with Crippen LogP contribution in [0.5, 0.6) is 5.75 Å². The number of pyridine rings is 1. The summed E-state index contributed by atoms with van der Waals surface area (Å²) in [6.45, 7) is 8.87. The highest BCUT2D eigenvalue weighted by Gasteiger charge is 2.28. The number of aromatic nitrogens is 3. The minimum atomic E-state index is -0.191. The third-order valence-electron chi connectivity index (χ3n) is 9.73. The van der Waals surface area contributed by atoms with Crippen LogP contribution in [0.1, 0.15) is 51.1 Å². The van der Waals surface area contributed by atoms with Crippen LogP contribution < -0.4 is 20.3 Å². The first kappa shape index (κ1) is 29.8. The molecule has 0 bridgehead atoms. The molecule has 0 amide bonds. The molecule has 3 fully saturated rings. The number of ether oxygens (including phenoxy) is 1. The van der Waals surface area contributed by atoms with Crippen LogP contribution in [0.25, 0.3) is 22.2 Å². The SMILES string of the molecule is CCc1nc2c(NC)ncc(-c3ccc(N4CCC(N5CCN(C)CC5)CC4)c(OC)c3)c2nc1N[C@H]1CC[C@@H](O)CC1. The van der Waals surface area contributed by atoms with Gasteiger partial charge in [0.05, 0.1) is 24.6 Å². The van der Waals surface area contributed by atoms with Gasteiger partial charge >= 0.3 is 0 Å². The summed E-state index contributed by atoms with van der Waals surface area (Å²) in [4.78, 5) is 22.6. The molecule has 0 atom stereocenters. The van der Waals surface area contributed by atoms with Crippen LogP contribution in [0.2, 0.25) is 0 Å². The van der Waals surface area contributed by atoms with E-state index in [1.165, 1.54) is 39.0 Å². The lowest BCUT2D eigenvalue weighted by atomic mass is 9.93. The van der Waals surface area contributed by atoms with Gasteiger partial charge in [0.25, 0.3) is 0 Å². The van der Waals surface area contributed by atoms with E-state index in [1.807, 2.05) is 13.2 Å². The first-order chi connectivity index (χ1) is 21.0. The maximum Gasteiger partial charge on any atom is 0.153 e. The van der Waals surface area contributed by atoms with Crippen LogP contribution in [0.15, 0.2) is 24.4 Å². The Bertz CT molecular complexity index is 1390. The number of anilines is 3. The lowest BCUT2D eigenvalue weighted by Gasteiger charge is -2.42. The number of hydrogen-bond acceptors (Lipinski definition) is 10. The number of nitrogens with one attached hydrogen (secondary N) is 2. The number of methoxy groups -OCH3 is 1. The summed E-state index contributed by atoms with van der Waals surface area (Å²) in [6, 6.07) is 7.45. The second-order valence-corrected chi connectivity index (χ2v) is 12.4. The minimum absolute atomic E-state index is 0.191. The predicted molar refractivity (Wildman–Crippen MR) is 174 cm³/mol. The molecule has 4 heterocycles. The minimum Gasteiger partial charge on any atom is -0.495 e. The molecule has 1 aromatic carbocycles. The van der Waals surface area contributed by atoms with Crippen molar-refractivity contribution in [2.75, 3.05) is 76.0 Å². The van der Waals surface area contributed by atoms with Gasteiger partial charge in [-0.15, -0.1) is 0 Å². The van der Waals surface area contributed by atoms with Gasteiger partial charge in [-0.3, -0.25) is 4.90 Å². The Kier molecular flexibility index (Phi) is 9.16. The van der Waals surface area contributed by atoms with Gasteiger partial charge in [0.1, 0.15) is 22.6 Å². The molecule has 0 unspecified atom stereocenters. The summed E-state index contributed by atoms with van der Waals surface area (Å²) < 4.78 is 5.98. The van der Waals surface area contributed by atoms with E-state index in [0.29, 0.717) is 6.04 Å². The first-order valence-corrected chi connectivity index (χ1v) is 16.1. The van der Waals surface area contributed by atoms with Crippen molar-refractivity contribution in [2.24, 2.45) is 0 Å². The molecule has 10 nitrogen and oxygen atoms in total. The van der Waals surface area contributed by atoms with Gasteiger partial charge in [-0.25, -0.2) is 15.0 Å². The normalized spacial score (nSPS) is 22.6. The van der Waals surface area contributed by atoms with E-state index < -0.39 is 0 Å². The third-order valence-corrected chi connectivity index (χ3v) is 9.73. The number of hydrogen-bond donors (Lipinski definition) is 3. The van der Waals surface area contributed by atoms with Gasteiger partial charge in [0.2, 0.25) is 0 Å². The summed E-state index contributed by atoms with van der Waals surface area (Å²) in [5.74, 6) is 2.43. The van der Waals surface area contributed by atoms with Crippen molar-refractivity contribution in [2.45, 2.75) is 70.1 Å². The Labute approximate surface area is 255 Å². The second kappa shape index (κ2) is 13.2. The van der Waals surface area contributed by atoms with Crippen molar-refractivity contribution in [3.63, 3.8) is 0 Å². The van der Waals surface area contributed by atoms with E-state index in [4.69, 9.17) is 19.7 Å². The number of fused-ring (bicyclic) bond motifs is 1. The highest BCUT2D eigenvalue weighted by Crippen LogP contribution is 2.38. The van der Waals surface area contributed by atoms with E-state index in [9.17, 15) is 5.11 Å². The molecule has 43 heavy (non-hydrogen) atoms. The number of aliphatic hydroxyl groups excluding tert-OH is 1. The number of aryl methyl sites for hydroxylation is 1. The molecule has 2 aliphatic heterocycles. The molecular weight excluding hydrogens is 540 g/mol. The molecule has 2 saturated heterocycles. The van der Waals surface area contributed by atoms with Gasteiger partial charge in [0, 0.05) is 70.2 Å². The fourth-order valence-electron chi connectivity index (χ4n) is 7.01. The first-order valence-electron chi connectivity index (χ1n) is 16.1. The molecule has 2 aromatic heterocycles. The quantitative estimate of drug-likeness (QED) is 0.354. The molecular formula is C33H48N8O2. The molecule has 3 N–H and O–H groups in total. The zero-order valence-electron chi connectivity index (χ0n) is 26.3. The predicted octanol–water partition coefficient (Wildman–Crippen LogP) is 4.24. The van der Waals surface area contributed by atoms with Crippen molar-refractivity contribution in [1.29, 1.82) is 0 Å². The largest absolute Gasteiger partial charge is 0.495 e. The molecule has 3 aliphatic rings. The monoisotopic (exact) mass is 588 g/mol. The zero-order valence-corrected chi connectivity index (χ0v) is 26.3. The lowest BCUT2D eigenvalue weighted by Crippen LogP contribution is -2.52. The maximum absolute atomic E-state index is 9.99. The van der Waals surface area contributed by atoms with E-state index in [1.54, 1.807) is 7.11 Å². The molecule has 6 rings (SSSR count). The van der Waals surface area contributed by atoms with Crippen LogP contribution in [0.4, 0.5) is 17.3 Å². The van der Waals surface area contributed by atoms with Crippen molar-refractivity contribution in [3.05, 3.63) is 30.1 Å². The highest BCUT2D eigenvalue weighted by molar-refractivity contribution is 5.98. The molecule has 232 valence electrons. The van der Waals surface area contributed by atoms with Crippen LogP contribution in [-0.2, 0) is 6.42 Å². The maximum atomic E-state index is 9.99. The molecule has 0 radical (unpaired) electrons. The standard InChI is InChI=1S/C33H48N8O2/c1-5-27-32(36-23-7-9-25(42)10-8-23)38-30-26(21-35-33(34-2)31(30)37-27)22-6-11-28(29(20-22)43-4)41-14-12-24(13-15-41)40-18-16-39(3)17-19-40/h6,11,20-21,23-25,42H,5,7-10,12-19H2,1-4H3,(H,34,35)(H,36,38)/t23-,25+. The third kappa shape index (κ3) is 6.37. The Morgan fingerprint density at radius 1 is 0.930 bits per heavy atom. The van der Waals surface area contributed by atoms with Crippen LogP contribution >= 0.6 is 0 Å². The fourth-order valence-corrected chi connectivity index (χ4v) is 7.01. The van der Waals surface area contributed by atoms with E-state index in [0.717, 1.165) is 96.1 Å². The zero-order chi connectivity index (χ0) is 29.9.